The van der Waals surface area contributed by atoms with Crippen LogP contribution in [0, 0.1) is 0 Å². The zero-order valence-electron chi connectivity index (χ0n) is 20.4. The number of benzene rings is 3. The molecule has 1 aliphatic rings. The molecule has 178 valence electrons. The molecular weight excluding hydrogens is 420 g/mol. The van der Waals surface area contributed by atoms with Crippen LogP contribution in [0.25, 0.3) is 0 Å². The van der Waals surface area contributed by atoms with Crippen molar-refractivity contribution in [3.05, 3.63) is 102 Å². The number of likely N-dealkylation sites (tertiary alicyclic amines) is 1. The minimum absolute atomic E-state index is 0.328. The van der Waals surface area contributed by atoms with Gasteiger partial charge in [-0.15, -0.1) is 0 Å². The summed E-state index contributed by atoms with van der Waals surface area (Å²) in [6.07, 6.45) is 4.60. The molecule has 0 unspecified atom stereocenters. The van der Waals surface area contributed by atoms with Crippen molar-refractivity contribution in [3.8, 4) is 11.5 Å². The van der Waals surface area contributed by atoms with Gasteiger partial charge in [-0.1, -0.05) is 54.1 Å². The van der Waals surface area contributed by atoms with Gasteiger partial charge in [-0.3, -0.25) is 4.90 Å². The lowest BCUT2D eigenvalue weighted by Crippen LogP contribution is -2.45. The maximum atomic E-state index is 9.52. The van der Waals surface area contributed by atoms with Crippen LogP contribution in [-0.2, 0) is 13.2 Å². The van der Waals surface area contributed by atoms with E-state index in [1.165, 1.54) is 22.4 Å². The number of phenolic OH excluding ortho intramolecular Hbond substituents is 1. The summed E-state index contributed by atoms with van der Waals surface area (Å²) in [6, 6.07) is 27.0. The average molecular weight is 457 g/mol. The highest BCUT2D eigenvalue weighted by molar-refractivity contribution is 5.51. The van der Waals surface area contributed by atoms with Crippen LogP contribution < -0.4 is 9.64 Å². The van der Waals surface area contributed by atoms with Crippen molar-refractivity contribution >= 4 is 5.69 Å². The third kappa shape index (κ3) is 6.88. The van der Waals surface area contributed by atoms with Crippen molar-refractivity contribution in [2.75, 3.05) is 24.5 Å². The molecule has 0 radical (unpaired) electrons. The lowest BCUT2D eigenvalue weighted by atomic mass is 10.0. The summed E-state index contributed by atoms with van der Waals surface area (Å²) in [7, 11) is 0. The molecule has 0 aromatic heterocycles. The Morgan fingerprint density at radius 2 is 1.59 bits per heavy atom. The van der Waals surface area contributed by atoms with E-state index < -0.39 is 0 Å². The Morgan fingerprint density at radius 3 is 2.24 bits per heavy atom. The summed E-state index contributed by atoms with van der Waals surface area (Å²) in [6.45, 7) is 8.94. The van der Waals surface area contributed by atoms with E-state index in [9.17, 15) is 5.11 Å². The Hall–Kier alpha value is -3.24. The van der Waals surface area contributed by atoms with Crippen LogP contribution in [0.2, 0.25) is 0 Å². The van der Waals surface area contributed by atoms with E-state index in [0.29, 0.717) is 18.4 Å². The topological polar surface area (TPSA) is 35.9 Å². The van der Waals surface area contributed by atoms with Crippen LogP contribution in [0.1, 0.15) is 37.8 Å². The summed E-state index contributed by atoms with van der Waals surface area (Å²) in [5.74, 6) is 1.23. The first-order valence-corrected chi connectivity index (χ1v) is 12.2. The molecule has 1 heterocycles. The Labute approximate surface area is 204 Å². The zero-order valence-corrected chi connectivity index (χ0v) is 20.4. The van der Waals surface area contributed by atoms with Crippen LogP contribution in [0.5, 0.6) is 11.5 Å². The quantitative estimate of drug-likeness (QED) is 0.378. The molecule has 4 rings (SSSR count). The molecule has 1 aliphatic heterocycles. The van der Waals surface area contributed by atoms with Crippen LogP contribution in [-0.4, -0.2) is 35.7 Å². The fourth-order valence-corrected chi connectivity index (χ4v) is 4.47. The molecule has 3 aromatic carbocycles. The largest absolute Gasteiger partial charge is 0.508 e. The molecule has 0 saturated carbocycles. The molecule has 4 heteroatoms. The number of rotatable bonds is 9. The van der Waals surface area contributed by atoms with Crippen LogP contribution in [0.3, 0.4) is 0 Å². The summed E-state index contributed by atoms with van der Waals surface area (Å²) in [4.78, 5) is 5.06. The van der Waals surface area contributed by atoms with Crippen molar-refractivity contribution in [1.82, 2.24) is 4.90 Å². The van der Waals surface area contributed by atoms with Gasteiger partial charge in [0.2, 0.25) is 0 Å². The van der Waals surface area contributed by atoms with Crippen molar-refractivity contribution in [2.24, 2.45) is 0 Å². The molecule has 0 spiro atoms. The molecule has 3 aromatic rings. The molecule has 34 heavy (non-hydrogen) atoms. The highest BCUT2D eigenvalue weighted by Gasteiger charge is 2.24. The van der Waals surface area contributed by atoms with Gasteiger partial charge in [0.15, 0.2) is 0 Å². The number of ether oxygens (including phenoxy) is 1. The summed E-state index contributed by atoms with van der Waals surface area (Å²) in [5, 5.41) is 9.52. The average Bonchev–Trinajstić information content (AvgIpc) is 2.86. The number of phenols is 1. The smallest absolute Gasteiger partial charge is 0.119 e. The molecule has 1 fully saturated rings. The van der Waals surface area contributed by atoms with E-state index in [-0.39, 0.29) is 0 Å². The number of nitrogens with zero attached hydrogens (tertiary/aromatic N) is 2. The Morgan fingerprint density at radius 1 is 0.912 bits per heavy atom. The first kappa shape index (κ1) is 23.9. The molecule has 0 aliphatic carbocycles. The Balaban J connectivity index is 1.37. The molecule has 0 atom stereocenters. The van der Waals surface area contributed by atoms with E-state index in [2.05, 4.69) is 66.1 Å². The van der Waals surface area contributed by atoms with Gasteiger partial charge in [-0.2, -0.15) is 0 Å². The molecule has 4 nitrogen and oxygen atoms in total. The Kier molecular flexibility index (Phi) is 8.26. The van der Waals surface area contributed by atoms with Crippen molar-refractivity contribution in [1.29, 1.82) is 0 Å². The normalized spacial score (nSPS) is 14.5. The van der Waals surface area contributed by atoms with Gasteiger partial charge < -0.3 is 14.7 Å². The predicted octanol–water partition coefficient (Wildman–Crippen LogP) is 6.41. The maximum absolute atomic E-state index is 9.52. The van der Waals surface area contributed by atoms with Gasteiger partial charge >= 0.3 is 0 Å². The first-order chi connectivity index (χ1) is 16.6. The minimum atomic E-state index is 0.328. The van der Waals surface area contributed by atoms with Crippen LogP contribution in [0.4, 0.5) is 5.69 Å². The van der Waals surface area contributed by atoms with Gasteiger partial charge in [0.1, 0.15) is 18.1 Å². The van der Waals surface area contributed by atoms with Gasteiger partial charge in [-0.05, 0) is 74.2 Å². The second kappa shape index (κ2) is 11.8. The molecule has 1 N–H and O–H groups in total. The first-order valence-electron chi connectivity index (χ1n) is 12.2. The van der Waals surface area contributed by atoms with Crippen molar-refractivity contribution in [3.63, 3.8) is 0 Å². The van der Waals surface area contributed by atoms with Gasteiger partial charge in [0, 0.05) is 37.9 Å². The maximum Gasteiger partial charge on any atom is 0.119 e. The summed E-state index contributed by atoms with van der Waals surface area (Å²) >= 11 is 0. The monoisotopic (exact) mass is 456 g/mol. The third-order valence-corrected chi connectivity index (χ3v) is 6.45. The van der Waals surface area contributed by atoms with Gasteiger partial charge in [-0.25, -0.2) is 0 Å². The van der Waals surface area contributed by atoms with E-state index in [1.54, 1.807) is 12.1 Å². The number of allylic oxidation sites excluding steroid dienone is 1. The Bertz CT molecular complexity index is 1030. The van der Waals surface area contributed by atoms with E-state index >= 15 is 0 Å². The minimum Gasteiger partial charge on any atom is -0.508 e. The fourth-order valence-electron chi connectivity index (χ4n) is 4.47. The highest BCUT2D eigenvalue weighted by atomic mass is 16.5. The van der Waals surface area contributed by atoms with Gasteiger partial charge in [0.25, 0.3) is 0 Å². The van der Waals surface area contributed by atoms with E-state index in [4.69, 9.17) is 4.74 Å². The van der Waals surface area contributed by atoms with Gasteiger partial charge in [0.05, 0.1) is 0 Å². The lowest BCUT2D eigenvalue weighted by molar-refractivity contribution is 0.202. The van der Waals surface area contributed by atoms with Crippen molar-refractivity contribution in [2.45, 2.75) is 45.9 Å². The van der Waals surface area contributed by atoms with Crippen molar-refractivity contribution < 1.29 is 9.84 Å². The summed E-state index contributed by atoms with van der Waals surface area (Å²) in [5.41, 5.74) is 5.03. The fraction of sp³-hybridized carbons (Fsp3) is 0.333. The number of hydrogen-bond donors (Lipinski definition) is 1. The standard InChI is InChI=1S/C30H36N2O2/c1-24(2)16-21-32(27-10-14-30(15-11-27)34-23-26-6-4-3-5-7-26)28-17-19-31(20-18-28)22-25-8-12-29(33)13-9-25/h3-16,28,33H,17-23H2,1-2H3. The van der Waals surface area contributed by atoms with Crippen LogP contribution in [0.15, 0.2) is 90.5 Å². The lowest BCUT2D eigenvalue weighted by Gasteiger charge is -2.39. The van der Waals surface area contributed by atoms with E-state index in [1.807, 2.05) is 30.3 Å². The van der Waals surface area contributed by atoms with Crippen LogP contribution >= 0.6 is 0 Å². The SMILES string of the molecule is CC(C)=CCN(c1ccc(OCc2ccccc2)cc1)C1CCN(Cc2ccc(O)cc2)CC1. The molecule has 0 amide bonds. The predicted molar refractivity (Wildman–Crippen MR) is 140 cm³/mol. The number of piperidine rings is 1. The molecule has 0 bridgehead atoms. The van der Waals surface area contributed by atoms with E-state index in [0.717, 1.165) is 44.8 Å². The third-order valence-electron chi connectivity index (χ3n) is 6.45. The number of hydrogen-bond acceptors (Lipinski definition) is 4. The molecule has 1 saturated heterocycles. The number of aromatic hydroxyl groups is 1. The highest BCUT2D eigenvalue weighted by Crippen LogP contribution is 2.27. The second-order valence-corrected chi connectivity index (χ2v) is 9.38. The zero-order chi connectivity index (χ0) is 23.8. The summed E-state index contributed by atoms with van der Waals surface area (Å²) < 4.78 is 6.00. The molecular formula is C30H36N2O2. The number of anilines is 1. The second-order valence-electron chi connectivity index (χ2n) is 9.38.